The molecule has 31 heavy (non-hydrogen) atoms. The highest BCUT2D eigenvalue weighted by molar-refractivity contribution is 7.89. The summed E-state index contributed by atoms with van der Waals surface area (Å²) in [5.74, 6) is 0.145. The highest BCUT2D eigenvalue weighted by atomic mass is 32.2. The lowest BCUT2D eigenvalue weighted by Gasteiger charge is -2.30. The fourth-order valence-electron chi connectivity index (χ4n) is 3.78. The number of rotatable bonds is 6. The Morgan fingerprint density at radius 2 is 1.90 bits per heavy atom. The number of hydrogen-bond acceptors (Lipinski definition) is 5. The van der Waals surface area contributed by atoms with E-state index >= 15 is 0 Å². The van der Waals surface area contributed by atoms with Crippen LogP contribution in [0.5, 0.6) is 0 Å². The number of furan rings is 1. The molecule has 1 saturated heterocycles. The van der Waals surface area contributed by atoms with Gasteiger partial charge < -0.3 is 9.73 Å². The van der Waals surface area contributed by atoms with Crippen molar-refractivity contribution in [2.75, 3.05) is 13.1 Å². The number of aromatic nitrogens is 2. The number of piperidine rings is 1. The highest BCUT2D eigenvalue weighted by Crippen LogP contribution is 2.28. The highest BCUT2D eigenvalue weighted by Gasteiger charge is 2.34. The van der Waals surface area contributed by atoms with E-state index in [1.165, 1.54) is 10.4 Å². The van der Waals surface area contributed by atoms with Gasteiger partial charge in [-0.2, -0.15) is 9.40 Å². The summed E-state index contributed by atoms with van der Waals surface area (Å²) in [6, 6.07) is 14.5. The van der Waals surface area contributed by atoms with Crippen molar-refractivity contribution in [2.45, 2.75) is 37.8 Å². The lowest BCUT2D eigenvalue weighted by atomic mass is 9.96. The quantitative estimate of drug-likeness (QED) is 0.609. The van der Waals surface area contributed by atoms with E-state index in [0.29, 0.717) is 24.3 Å². The molecule has 2 aromatic heterocycles. The Labute approximate surface area is 181 Å². The van der Waals surface area contributed by atoms with Crippen molar-refractivity contribution in [2.24, 2.45) is 5.92 Å². The topological polar surface area (TPSA) is 108 Å². The first-order valence-corrected chi connectivity index (χ1v) is 11.8. The van der Waals surface area contributed by atoms with Crippen LogP contribution in [0.25, 0.3) is 11.5 Å². The molecule has 0 radical (unpaired) electrons. The summed E-state index contributed by atoms with van der Waals surface area (Å²) in [4.78, 5) is 12.7. The fourth-order valence-corrected chi connectivity index (χ4v) is 5.16. The number of carbonyl (C=O) groups is 1. The minimum atomic E-state index is -3.76. The van der Waals surface area contributed by atoms with E-state index in [1.807, 2.05) is 44.2 Å². The summed E-state index contributed by atoms with van der Waals surface area (Å²) in [6.07, 6.45) is 0.942. The molecule has 8 nitrogen and oxygen atoms in total. The van der Waals surface area contributed by atoms with Gasteiger partial charge in [-0.3, -0.25) is 9.89 Å². The molecule has 1 atom stereocenters. The van der Waals surface area contributed by atoms with Crippen molar-refractivity contribution in [3.63, 3.8) is 0 Å². The normalized spacial score (nSPS) is 16.8. The number of H-pyrrole nitrogens is 1. The lowest BCUT2D eigenvalue weighted by Crippen LogP contribution is -2.43. The Morgan fingerprint density at radius 1 is 1.19 bits per heavy atom. The molecule has 3 aromatic rings. The molecule has 1 fully saturated rings. The molecule has 164 valence electrons. The van der Waals surface area contributed by atoms with Crippen LogP contribution in [-0.2, 0) is 14.8 Å². The number of nitrogens with one attached hydrogen (secondary N) is 2. The van der Waals surface area contributed by atoms with Crippen molar-refractivity contribution < 1.29 is 17.6 Å². The first kappa shape index (κ1) is 21.3. The third kappa shape index (κ3) is 4.57. The van der Waals surface area contributed by atoms with E-state index < -0.39 is 10.0 Å². The molecule has 1 amide bonds. The van der Waals surface area contributed by atoms with Gasteiger partial charge in [-0.15, -0.1) is 0 Å². The molecule has 4 rings (SSSR count). The number of sulfonamides is 1. The summed E-state index contributed by atoms with van der Waals surface area (Å²) >= 11 is 0. The van der Waals surface area contributed by atoms with Crippen LogP contribution < -0.4 is 5.32 Å². The van der Waals surface area contributed by atoms with Gasteiger partial charge in [-0.1, -0.05) is 30.3 Å². The second kappa shape index (κ2) is 8.68. The third-order valence-electron chi connectivity index (χ3n) is 5.62. The molecule has 2 N–H and O–H groups in total. The van der Waals surface area contributed by atoms with Crippen LogP contribution in [-0.4, -0.2) is 41.9 Å². The number of hydrogen-bond donors (Lipinski definition) is 2. The van der Waals surface area contributed by atoms with Gasteiger partial charge in [0.25, 0.3) is 10.0 Å². The van der Waals surface area contributed by atoms with Crippen molar-refractivity contribution in [3.05, 3.63) is 59.8 Å². The average molecular weight is 443 g/mol. The number of aryl methyl sites for hydroxylation is 1. The summed E-state index contributed by atoms with van der Waals surface area (Å²) in [5, 5.41) is 9.84. The van der Waals surface area contributed by atoms with Crippen molar-refractivity contribution in [1.29, 1.82) is 0 Å². The molecular formula is C22H26N4O4S. The Hall–Kier alpha value is -2.91. The fraction of sp³-hybridized carbons (Fsp3) is 0.364. The second-order valence-electron chi connectivity index (χ2n) is 7.87. The van der Waals surface area contributed by atoms with Crippen LogP contribution in [0.3, 0.4) is 0 Å². The summed E-state index contributed by atoms with van der Waals surface area (Å²) in [6.45, 7) is 4.36. The van der Waals surface area contributed by atoms with Crippen LogP contribution in [0.1, 0.15) is 37.1 Å². The third-order valence-corrected chi connectivity index (χ3v) is 7.39. The van der Waals surface area contributed by atoms with Crippen LogP contribution in [0, 0.1) is 12.8 Å². The number of carbonyl (C=O) groups excluding carboxylic acids is 1. The Bertz CT molecular complexity index is 1150. The zero-order valence-corrected chi connectivity index (χ0v) is 18.4. The maximum absolute atomic E-state index is 13.0. The SMILES string of the molecule is Cc1cc(-c2ccc(S(=O)(=O)N3CCC(C(=O)N[C@H](C)c4ccccc4)CC3)o2)n[nH]1. The van der Waals surface area contributed by atoms with Crippen molar-refractivity contribution in [3.8, 4) is 11.5 Å². The molecule has 3 heterocycles. The molecule has 0 saturated carbocycles. The van der Waals surface area contributed by atoms with E-state index in [9.17, 15) is 13.2 Å². The number of aromatic amines is 1. The van der Waals surface area contributed by atoms with E-state index in [-0.39, 0.29) is 36.0 Å². The van der Waals surface area contributed by atoms with Gasteiger partial charge in [-0.25, -0.2) is 8.42 Å². The van der Waals surface area contributed by atoms with Gasteiger partial charge in [0.05, 0.1) is 6.04 Å². The monoisotopic (exact) mass is 442 g/mol. The van der Waals surface area contributed by atoms with Crippen LogP contribution in [0.2, 0.25) is 0 Å². The zero-order chi connectivity index (χ0) is 22.0. The van der Waals surface area contributed by atoms with Gasteiger partial charge >= 0.3 is 0 Å². The van der Waals surface area contributed by atoms with Gasteiger partial charge in [0.2, 0.25) is 11.0 Å². The standard InChI is InChI=1S/C22H26N4O4S/c1-15-14-19(25-24-15)20-8-9-21(30-20)31(28,29)26-12-10-18(11-13-26)22(27)23-16(2)17-6-4-3-5-7-17/h3-9,14,16,18H,10-13H2,1-2H3,(H,23,27)(H,24,25)/t16-/m1/s1. The van der Waals surface area contributed by atoms with E-state index in [4.69, 9.17) is 4.42 Å². The first-order valence-electron chi connectivity index (χ1n) is 10.3. The zero-order valence-electron chi connectivity index (χ0n) is 17.5. The van der Waals surface area contributed by atoms with Gasteiger partial charge in [0.15, 0.2) is 5.76 Å². The minimum Gasteiger partial charge on any atom is -0.442 e. The van der Waals surface area contributed by atoms with Crippen molar-refractivity contribution in [1.82, 2.24) is 19.8 Å². The van der Waals surface area contributed by atoms with E-state index in [2.05, 4.69) is 15.5 Å². The Morgan fingerprint density at radius 3 is 2.55 bits per heavy atom. The molecule has 9 heteroatoms. The van der Waals surface area contributed by atoms with Crippen LogP contribution in [0.15, 0.2) is 58.0 Å². The molecule has 0 bridgehead atoms. The largest absolute Gasteiger partial charge is 0.442 e. The molecule has 1 aliphatic heterocycles. The Balaban J connectivity index is 1.37. The summed E-state index contributed by atoms with van der Waals surface area (Å²) in [5.41, 5.74) is 2.45. The molecule has 1 aromatic carbocycles. The number of benzene rings is 1. The second-order valence-corrected chi connectivity index (χ2v) is 9.74. The van der Waals surface area contributed by atoms with Crippen molar-refractivity contribution >= 4 is 15.9 Å². The molecule has 0 spiro atoms. The van der Waals surface area contributed by atoms with Gasteiger partial charge in [0.1, 0.15) is 5.69 Å². The molecule has 1 aliphatic rings. The smallest absolute Gasteiger partial charge is 0.276 e. The summed E-state index contributed by atoms with van der Waals surface area (Å²) < 4.78 is 32.9. The maximum atomic E-state index is 13.0. The van der Waals surface area contributed by atoms with Gasteiger partial charge in [-0.05, 0) is 50.5 Å². The first-order chi connectivity index (χ1) is 14.8. The summed E-state index contributed by atoms with van der Waals surface area (Å²) in [7, 11) is -3.76. The molecule has 0 aliphatic carbocycles. The van der Waals surface area contributed by atoms with E-state index in [0.717, 1.165) is 11.3 Å². The van der Waals surface area contributed by atoms with Gasteiger partial charge in [0, 0.05) is 24.7 Å². The molecule has 0 unspecified atom stereocenters. The average Bonchev–Trinajstić information content (AvgIpc) is 3.44. The maximum Gasteiger partial charge on any atom is 0.276 e. The Kier molecular flexibility index (Phi) is 5.97. The predicted octanol–water partition coefficient (Wildman–Crippen LogP) is 3.26. The predicted molar refractivity (Wildman–Crippen MR) is 116 cm³/mol. The lowest BCUT2D eigenvalue weighted by molar-refractivity contribution is -0.126. The number of amides is 1. The van der Waals surface area contributed by atoms with Crippen LogP contribution in [0.4, 0.5) is 0 Å². The molecular weight excluding hydrogens is 416 g/mol. The minimum absolute atomic E-state index is 0.0393. The van der Waals surface area contributed by atoms with E-state index in [1.54, 1.807) is 12.1 Å². The van der Waals surface area contributed by atoms with Crippen LogP contribution >= 0.6 is 0 Å². The number of nitrogens with zero attached hydrogens (tertiary/aromatic N) is 2.